The van der Waals surface area contributed by atoms with Crippen LogP contribution in [0.1, 0.15) is 5.56 Å². The number of hydrogen-bond donors (Lipinski definition) is 0. The van der Waals surface area contributed by atoms with Gasteiger partial charge in [0, 0.05) is 52.8 Å². The van der Waals surface area contributed by atoms with E-state index < -0.39 is 0 Å². The molecule has 0 fully saturated rings. The van der Waals surface area contributed by atoms with Crippen molar-refractivity contribution in [3.8, 4) is 11.4 Å². The molecule has 0 spiro atoms. The van der Waals surface area contributed by atoms with Gasteiger partial charge in [-0.25, -0.2) is 0 Å². The highest BCUT2D eigenvalue weighted by Crippen LogP contribution is 2.44. The summed E-state index contributed by atoms with van der Waals surface area (Å²) in [5.41, 5.74) is 10.2. The lowest BCUT2D eigenvalue weighted by Crippen LogP contribution is -2.01. The van der Waals surface area contributed by atoms with E-state index in [0.717, 1.165) is 44.2 Å². The van der Waals surface area contributed by atoms with Gasteiger partial charge in [0.25, 0.3) is 0 Å². The number of benzene rings is 7. The second-order valence-corrected chi connectivity index (χ2v) is 13.6. The summed E-state index contributed by atoms with van der Waals surface area (Å²) in [4.78, 5) is 0. The maximum absolute atomic E-state index is 6.57. The number of hydrogen-bond acceptors (Lipinski definition) is 2. The van der Waals surface area contributed by atoms with E-state index in [1.54, 1.807) is 0 Å². The molecule has 0 saturated heterocycles. The smallest absolute Gasteiger partial charge is 0.145 e. The minimum Gasteiger partial charge on any atom is -0.455 e. The molecule has 0 N–H and O–H groups in total. The first-order valence-corrected chi connectivity index (χ1v) is 16.8. The fraction of sp³-hybridized carbons (Fsp3) is 0.0233. The molecule has 4 heterocycles. The van der Waals surface area contributed by atoms with Crippen LogP contribution in [0.2, 0.25) is 0 Å². The molecular weight excluding hydrogens is 593 g/mol. The van der Waals surface area contributed by atoms with Crippen LogP contribution in [0.15, 0.2) is 144 Å². The van der Waals surface area contributed by atoms with E-state index in [1.165, 1.54) is 58.4 Å². The summed E-state index contributed by atoms with van der Waals surface area (Å²) in [7, 11) is 0. The minimum absolute atomic E-state index is 0.920. The van der Waals surface area contributed by atoms with Crippen molar-refractivity contribution in [3.63, 3.8) is 0 Å². The standard InChI is InChI=1S/C43H26N2OS/c1-25-18-19-26(44-33-14-6-3-13-32(33)41-36(44)23-21-30-28-11-5-9-17-39(28)47-43(30)41)24-37(25)45-34-15-7-2-12-31(34)40-35(45)22-20-29-27-10-4-8-16-38(27)46-42(29)40/h2-24H,1H3. The van der Waals surface area contributed by atoms with Gasteiger partial charge in [0.1, 0.15) is 11.2 Å². The molecule has 0 saturated carbocycles. The molecule has 0 amide bonds. The molecule has 11 aromatic rings. The predicted octanol–water partition coefficient (Wildman–Crippen LogP) is 12.5. The summed E-state index contributed by atoms with van der Waals surface area (Å²) in [5, 5.41) is 9.92. The molecule has 0 aliphatic rings. The van der Waals surface area contributed by atoms with E-state index in [-0.39, 0.29) is 0 Å². The number of aromatic nitrogens is 2. The zero-order chi connectivity index (χ0) is 30.8. The van der Waals surface area contributed by atoms with Crippen LogP contribution in [0.5, 0.6) is 0 Å². The molecular formula is C43H26N2OS. The van der Waals surface area contributed by atoms with Crippen LogP contribution in [0.25, 0.3) is 97.1 Å². The first-order valence-electron chi connectivity index (χ1n) is 16.0. The molecule has 0 unspecified atom stereocenters. The third-order valence-electron chi connectivity index (χ3n) is 10.1. The molecule has 0 radical (unpaired) electrons. The van der Waals surface area contributed by atoms with Crippen molar-refractivity contribution in [1.29, 1.82) is 0 Å². The molecule has 11 rings (SSSR count). The van der Waals surface area contributed by atoms with E-state index in [2.05, 4.69) is 150 Å². The highest BCUT2D eigenvalue weighted by molar-refractivity contribution is 7.26. The van der Waals surface area contributed by atoms with Crippen LogP contribution in [0.3, 0.4) is 0 Å². The summed E-state index contributed by atoms with van der Waals surface area (Å²) in [6.45, 7) is 2.21. The van der Waals surface area contributed by atoms with Crippen molar-refractivity contribution in [2.24, 2.45) is 0 Å². The molecule has 47 heavy (non-hydrogen) atoms. The van der Waals surface area contributed by atoms with E-state index >= 15 is 0 Å². The third-order valence-corrected chi connectivity index (χ3v) is 11.3. The van der Waals surface area contributed by atoms with E-state index in [1.807, 2.05) is 17.4 Å². The number of rotatable bonds is 2. The van der Waals surface area contributed by atoms with Crippen LogP contribution in [-0.4, -0.2) is 9.13 Å². The summed E-state index contributed by atoms with van der Waals surface area (Å²) < 4.78 is 14.1. The Bertz CT molecular complexity index is 3090. The topological polar surface area (TPSA) is 23.0 Å². The second kappa shape index (κ2) is 9.12. The number of fused-ring (bicyclic) bond motifs is 14. The van der Waals surface area contributed by atoms with Crippen molar-refractivity contribution in [3.05, 3.63) is 145 Å². The van der Waals surface area contributed by atoms with Crippen LogP contribution < -0.4 is 0 Å². The number of nitrogens with zero attached hydrogens (tertiary/aromatic N) is 2. The van der Waals surface area contributed by atoms with Gasteiger partial charge in [-0.15, -0.1) is 11.3 Å². The average Bonchev–Trinajstić information content (AvgIpc) is 3.86. The molecule has 4 heteroatoms. The monoisotopic (exact) mass is 618 g/mol. The third kappa shape index (κ3) is 3.30. The van der Waals surface area contributed by atoms with Gasteiger partial charge >= 0.3 is 0 Å². The van der Waals surface area contributed by atoms with E-state index in [4.69, 9.17) is 4.42 Å². The maximum atomic E-state index is 6.57. The number of aryl methyl sites for hydroxylation is 1. The van der Waals surface area contributed by atoms with Crippen molar-refractivity contribution in [2.75, 3.05) is 0 Å². The summed E-state index contributed by atoms with van der Waals surface area (Å²) in [5.74, 6) is 0. The Morgan fingerprint density at radius 1 is 0.489 bits per heavy atom. The quantitative estimate of drug-likeness (QED) is 0.189. The van der Waals surface area contributed by atoms with Gasteiger partial charge in [-0.2, -0.15) is 0 Å². The highest BCUT2D eigenvalue weighted by atomic mass is 32.1. The molecule has 0 bridgehead atoms. The van der Waals surface area contributed by atoms with Crippen LogP contribution in [0.4, 0.5) is 0 Å². The normalized spacial score (nSPS) is 12.4. The summed E-state index contributed by atoms with van der Waals surface area (Å²) in [6, 6.07) is 50.7. The van der Waals surface area contributed by atoms with Gasteiger partial charge in [0.2, 0.25) is 0 Å². The Kier molecular flexibility index (Phi) is 4.92. The maximum Gasteiger partial charge on any atom is 0.145 e. The Morgan fingerprint density at radius 2 is 1.13 bits per heavy atom. The van der Waals surface area contributed by atoms with Crippen molar-refractivity contribution in [1.82, 2.24) is 9.13 Å². The SMILES string of the molecule is Cc1ccc(-n2c3ccccc3c3c4sc5ccccc5c4ccc32)cc1-n1c2ccccc2c2c3oc4ccccc4c3ccc21. The van der Waals surface area contributed by atoms with Gasteiger partial charge in [-0.05, 0) is 67.1 Å². The first kappa shape index (κ1) is 25.4. The van der Waals surface area contributed by atoms with Gasteiger partial charge in [-0.1, -0.05) is 84.9 Å². The number of furan rings is 1. The van der Waals surface area contributed by atoms with Gasteiger partial charge < -0.3 is 13.6 Å². The molecule has 220 valence electrons. The zero-order valence-electron chi connectivity index (χ0n) is 25.5. The number of para-hydroxylation sites is 3. The Morgan fingerprint density at radius 3 is 1.96 bits per heavy atom. The van der Waals surface area contributed by atoms with Crippen molar-refractivity contribution in [2.45, 2.75) is 6.92 Å². The first-order chi connectivity index (χ1) is 23.2. The lowest BCUT2D eigenvalue weighted by Gasteiger charge is -2.15. The minimum atomic E-state index is 0.920. The average molecular weight is 619 g/mol. The molecule has 0 aliphatic heterocycles. The number of thiophene rings is 1. The predicted molar refractivity (Wildman–Crippen MR) is 200 cm³/mol. The van der Waals surface area contributed by atoms with Gasteiger partial charge in [0.15, 0.2) is 0 Å². The fourth-order valence-electron chi connectivity index (χ4n) is 7.99. The van der Waals surface area contributed by atoms with Crippen LogP contribution in [-0.2, 0) is 0 Å². The van der Waals surface area contributed by atoms with Crippen LogP contribution in [0, 0.1) is 6.92 Å². The Hall–Kier alpha value is -5.84. The Labute approximate surface area is 273 Å². The molecule has 0 atom stereocenters. The largest absolute Gasteiger partial charge is 0.455 e. The zero-order valence-corrected chi connectivity index (χ0v) is 26.3. The van der Waals surface area contributed by atoms with Gasteiger partial charge in [-0.3, -0.25) is 0 Å². The van der Waals surface area contributed by atoms with E-state index in [9.17, 15) is 0 Å². The van der Waals surface area contributed by atoms with Gasteiger partial charge in [0.05, 0.1) is 33.1 Å². The lowest BCUT2D eigenvalue weighted by molar-refractivity contribution is 0.673. The molecule has 4 aromatic heterocycles. The lowest BCUT2D eigenvalue weighted by atomic mass is 10.1. The fourth-order valence-corrected chi connectivity index (χ4v) is 9.24. The summed E-state index contributed by atoms with van der Waals surface area (Å²) in [6.07, 6.45) is 0. The molecule has 3 nitrogen and oxygen atoms in total. The Balaban J connectivity index is 1.23. The summed E-state index contributed by atoms with van der Waals surface area (Å²) >= 11 is 1.90. The van der Waals surface area contributed by atoms with Crippen molar-refractivity contribution < 1.29 is 4.42 Å². The molecule has 0 aliphatic carbocycles. The van der Waals surface area contributed by atoms with E-state index in [0.29, 0.717) is 0 Å². The highest BCUT2D eigenvalue weighted by Gasteiger charge is 2.21. The van der Waals surface area contributed by atoms with Crippen LogP contribution >= 0.6 is 11.3 Å². The molecule has 7 aromatic carbocycles. The second-order valence-electron chi connectivity index (χ2n) is 12.5. The van der Waals surface area contributed by atoms with Crippen molar-refractivity contribution >= 4 is 97.1 Å².